The topological polar surface area (TPSA) is 107 Å². The van der Waals surface area contributed by atoms with Crippen molar-refractivity contribution in [1.82, 2.24) is 9.38 Å². The standard InChI is InChI=1S/C21H18N4O4S/c1-14-8-9-18(12-20(14)25(26)27)30(28,29)23-17-7-3-6-16(11-17)19-13-24-10-4-5-15(2)21(24)22-19/h3-13,23H,1-2H3. The van der Waals surface area contributed by atoms with Crippen LogP contribution in [0.15, 0.2) is 71.9 Å². The highest BCUT2D eigenvalue weighted by atomic mass is 32.2. The highest BCUT2D eigenvalue weighted by molar-refractivity contribution is 7.92. The van der Waals surface area contributed by atoms with Crippen LogP contribution in [-0.2, 0) is 10.0 Å². The second-order valence-corrected chi connectivity index (χ2v) is 8.62. The number of aryl methyl sites for hydroxylation is 2. The monoisotopic (exact) mass is 422 g/mol. The van der Waals surface area contributed by atoms with Crippen molar-refractivity contribution in [2.24, 2.45) is 0 Å². The van der Waals surface area contributed by atoms with E-state index in [-0.39, 0.29) is 10.6 Å². The number of pyridine rings is 1. The van der Waals surface area contributed by atoms with Gasteiger partial charge in [-0.05, 0) is 43.7 Å². The molecule has 0 atom stereocenters. The minimum Gasteiger partial charge on any atom is -0.306 e. The molecule has 0 aliphatic rings. The van der Waals surface area contributed by atoms with Crippen molar-refractivity contribution in [2.45, 2.75) is 18.7 Å². The highest BCUT2D eigenvalue weighted by Gasteiger charge is 2.20. The minimum atomic E-state index is -4.00. The average Bonchev–Trinajstić information content (AvgIpc) is 3.14. The van der Waals surface area contributed by atoms with Gasteiger partial charge in [0.2, 0.25) is 0 Å². The largest absolute Gasteiger partial charge is 0.306 e. The number of hydrogen-bond donors (Lipinski definition) is 1. The van der Waals surface area contributed by atoms with E-state index in [2.05, 4.69) is 9.71 Å². The first-order chi connectivity index (χ1) is 14.2. The van der Waals surface area contributed by atoms with Crippen molar-refractivity contribution in [3.05, 3.63) is 88.2 Å². The van der Waals surface area contributed by atoms with Crippen LogP contribution in [0.1, 0.15) is 11.1 Å². The molecule has 1 N–H and O–H groups in total. The number of nitro benzene ring substituents is 1. The van der Waals surface area contributed by atoms with Crippen LogP contribution in [-0.4, -0.2) is 22.7 Å². The fourth-order valence-electron chi connectivity index (χ4n) is 3.20. The number of nitrogens with zero attached hydrogens (tertiary/aromatic N) is 3. The third kappa shape index (κ3) is 3.62. The fraction of sp³-hybridized carbons (Fsp3) is 0.0952. The van der Waals surface area contributed by atoms with Crippen LogP contribution in [0.2, 0.25) is 0 Å². The van der Waals surface area contributed by atoms with Crippen molar-refractivity contribution >= 4 is 27.0 Å². The van der Waals surface area contributed by atoms with Crippen LogP contribution < -0.4 is 4.72 Å². The molecule has 0 saturated heterocycles. The number of hydrogen-bond acceptors (Lipinski definition) is 5. The molecule has 2 aromatic carbocycles. The summed E-state index contributed by atoms with van der Waals surface area (Å²) >= 11 is 0. The van der Waals surface area contributed by atoms with Gasteiger partial charge in [0.1, 0.15) is 5.65 Å². The van der Waals surface area contributed by atoms with Gasteiger partial charge in [0.05, 0.1) is 15.5 Å². The summed E-state index contributed by atoms with van der Waals surface area (Å²) in [5, 5.41) is 11.1. The summed E-state index contributed by atoms with van der Waals surface area (Å²) in [5.74, 6) is 0. The predicted molar refractivity (Wildman–Crippen MR) is 114 cm³/mol. The predicted octanol–water partition coefficient (Wildman–Crippen LogP) is 4.33. The molecule has 0 fully saturated rings. The molecule has 30 heavy (non-hydrogen) atoms. The van der Waals surface area contributed by atoms with E-state index in [0.29, 0.717) is 16.9 Å². The number of imidazole rings is 1. The Balaban J connectivity index is 1.68. The molecule has 2 heterocycles. The quantitative estimate of drug-likeness (QED) is 0.381. The van der Waals surface area contributed by atoms with E-state index in [1.54, 1.807) is 25.1 Å². The number of nitrogens with one attached hydrogen (secondary N) is 1. The van der Waals surface area contributed by atoms with Gasteiger partial charge < -0.3 is 4.40 Å². The van der Waals surface area contributed by atoms with Gasteiger partial charge in [-0.25, -0.2) is 13.4 Å². The van der Waals surface area contributed by atoms with Crippen LogP contribution in [0.4, 0.5) is 11.4 Å². The molecule has 0 aliphatic heterocycles. The molecular weight excluding hydrogens is 404 g/mol. The molecule has 152 valence electrons. The molecule has 0 radical (unpaired) electrons. The number of sulfonamides is 1. The first-order valence-corrected chi connectivity index (χ1v) is 10.6. The summed E-state index contributed by atoms with van der Waals surface area (Å²) in [4.78, 5) is 15.0. The summed E-state index contributed by atoms with van der Waals surface area (Å²) in [7, 11) is -4.00. The molecule has 4 aromatic rings. The van der Waals surface area contributed by atoms with E-state index in [4.69, 9.17) is 0 Å². The minimum absolute atomic E-state index is 0.173. The highest BCUT2D eigenvalue weighted by Crippen LogP contribution is 2.27. The molecular formula is C21H18N4O4S. The third-order valence-corrected chi connectivity index (χ3v) is 6.16. The lowest BCUT2D eigenvalue weighted by molar-refractivity contribution is -0.385. The normalized spacial score (nSPS) is 11.5. The van der Waals surface area contributed by atoms with Crippen molar-refractivity contribution in [2.75, 3.05) is 4.72 Å². The summed E-state index contributed by atoms with van der Waals surface area (Å²) in [6.07, 6.45) is 3.77. The molecule has 0 amide bonds. The number of anilines is 1. The SMILES string of the molecule is Cc1ccc(S(=O)(=O)Nc2cccc(-c3cn4cccc(C)c4n3)c2)cc1[N+](=O)[O-]. The Bertz CT molecular complexity index is 1390. The van der Waals surface area contributed by atoms with Crippen LogP contribution in [0.5, 0.6) is 0 Å². The number of fused-ring (bicyclic) bond motifs is 1. The summed E-state index contributed by atoms with van der Waals surface area (Å²) in [5.41, 5.74) is 3.79. The van der Waals surface area contributed by atoms with E-state index < -0.39 is 14.9 Å². The Morgan fingerprint density at radius 1 is 1.03 bits per heavy atom. The van der Waals surface area contributed by atoms with Crippen molar-refractivity contribution in [1.29, 1.82) is 0 Å². The Hall–Kier alpha value is -3.72. The van der Waals surface area contributed by atoms with E-state index in [1.807, 2.05) is 41.9 Å². The Morgan fingerprint density at radius 3 is 2.57 bits per heavy atom. The van der Waals surface area contributed by atoms with Gasteiger partial charge in [0.25, 0.3) is 15.7 Å². The molecule has 0 saturated carbocycles. The zero-order valence-electron chi connectivity index (χ0n) is 16.2. The number of nitro groups is 1. The maximum absolute atomic E-state index is 12.8. The molecule has 0 spiro atoms. The van der Waals surface area contributed by atoms with Crippen LogP contribution >= 0.6 is 0 Å². The maximum Gasteiger partial charge on any atom is 0.273 e. The molecule has 4 rings (SSSR count). The van der Waals surface area contributed by atoms with Crippen molar-refractivity contribution < 1.29 is 13.3 Å². The number of aromatic nitrogens is 2. The summed E-state index contributed by atoms with van der Waals surface area (Å²) in [6.45, 7) is 3.53. The number of rotatable bonds is 5. The zero-order valence-corrected chi connectivity index (χ0v) is 17.1. The molecule has 8 nitrogen and oxygen atoms in total. The average molecular weight is 422 g/mol. The first kappa shape index (κ1) is 19.6. The van der Waals surface area contributed by atoms with Gasteiger partial charge in [-0.3, -0.25) is 14.8 Å². The Kier molecular flexibility index (Phi) is 4.75. The van der Waals surface area contributed by atoms with E-state index in [9.17, 15) is 18.5 Å². The van der Waals surface area contributed by atoms with Gasteiger partial charge in [0.15, 0.2) is 0 Å². The van der Waals surface area contributed by atoms with Crippen LogP contribution in [0.3, 0.4) is 0 Å². The zero-order chi connectivity index (χ0) is 21.5. The van der Waals surface area contributed by atoms with Crippen LogP contribution in [0, 0.1) is 24.0 Å². The van der Waals surface area contributed by atoms with Crippen molar-refractivity contribution in [3.63, 3.8) is 0 Å². The summed E-state index contributed by atoms with van der Waals surface area (Å²) in [6, 6.07) is 14.6. The maximum atomic E-state index is 12.8. The second-order valence-electron chi connectivity index (χ2n) is 6.94. The van der Waals surface area contributed by atoms with Gasteiger partial charge in [0, 0.05) is 35.3 Å². The lowest BCUT2D eigenvalue weighted by atomic mass is 10.1. The second kappa shape index (κ2) is 7.27. The van der Waals surface area contributed by atoms with Crippen LogP contribution in [0.25, 0.3) is 16.9 Å². The van der Waals surface area contributed by atoms with E-state index in [0.717, 1.165) is 22.8 Å². The lowest BCUT2D eigenvalue weighted by Crippen LogP contribution is -2.13. The molecule has 0 aliphatic carbocycles. The molecule has 2 aromatic heterocycles. The summed E-state index contributed by atoms with van der Waals surface area (Å²) < 4.78 is 29.9. The Labute approximate surface area is 173 Å². The molecule has 9 heteroatoms. The lowest BCUT2D eigenvalue weighted by Gasteiger charge is -2.09. The van der Waals surface area contributed by atoms with Gasteiger partial charge in [-0.2, -0.15) is 0 Å². The number of benzene rings is 2. The molecule has 0 unspecified atom stereocenters. The van der Waals surface area contributed by atoms with Crippen molar-refractivity contribution in [3.8, 4) is 11.3 Å². The third-order valence-electron chi connectivity index (χ3n) is 4.78. The van der Waals surface area contributed by atoms with E-state index >= 15 is 0 Å². The van der Waals surface area contributed by atoms with Gasteiger partial charge in [-0.15, -0.1) is 0 Å². The van der Waals surface area contributed by atoms with E-state index in [1.165, 1.54) is 12.1 Å². The smallest absolute Gasteiger partial charge is 0.273 e. The first-order valence-electron chi connectivity index (χ1n) is 9.07. The van der Waals surface area contributed by atoms with Gasteiger partial charge in [-0.1, -0.05) is 24.3 Å². The van der Waals surface area contributed by atoms with Gasteiger partial charge >= 0.3 is 0 Å². The molecule has 0 bridgehead atoms. The Morgan fingerprint density at radius 2 is 1.83 bits per heavy atom. The fourth-order valence-corrected chi connectivity index (χ4v) is 4.27.